The number of hydrogen-bond donors (Lipinski definition) is 8. The van der Waals surface area contributed by atoms with Gasteiger partial charge in [0.2, 0.25) is 35.4 Å². The van der Waals surface area contributed by atoms with Gasteiger partial charge in [0.25, 0.3) is 0 Å². The number of benzene rings is 2. The average Bonchev–Trinajstić information content (AvgIpc) is 3.27. The Morgan fingerprint density at radius 1 is 0.769 bits per heavy atom. The molecule has 17 nitrogen and oxygen atoms in total. The third-order valence-electron chi connectivity index (χ3n) is 12.0. The number of carbonyl (C=O) groups excluding carboxylic acids is 6. The number of rotatable bonds is 23. The largest absolute Gasteiger partial charge is 0.507 e. The van der Waals surface area contributed by atoms with Crippen LogP contribution in [0.5, 0.6) is 11.5 Å². The quantitative estimate of drug-likeness (QED) is 0.0716. The maximum absolute atomic E-state index is 14.0. The number of unbranched alkanes of at least 4 members (excludes halogenated alkanes) is 12. The summed E-state index contributed by atoms with van der Waals surface area (Å²) in [5.41, 5.74) is 1.21. The number of amides is 6. The predicted octanol–water partition coefficient (Wildman–Crippen LogP) is 4.60. The topological polar surface area (TPSA) is 255 Å². The number of phenolic OH excluding ortho intramolecular Hbond substituents is 2. The molecule has 6 amide bonds. The molecule has 1 aliphatic heterocycles. The lowest BCUT2D eigenvalue weighted by Crippen LogP contribution is -2.55. The van der Waals surface area contributed by atoms with Crippen LogP contribution in [0.15, 0.2) is 36.4 Å². The zero-order valence-corrected chi connectivity index (χ0v) is 38.8. The molecule has 0 aliphatic carbocycles. The Morgan fingerprint density at radius 3 is 1.92 bits per heavy atom. The van der Waals surface area contributed by atoms with Crippen LogP contribution in [0.3, 0.4) is 0 Å². The number of aliphatic carboxylic acids is 1. The smallest absolute Gasteiger partial charge is 0.326 e. The highest BCUT2D eigenvalue weighted by Gasteiger charge is 2.34. The third kappa shape index (κ3) is 17.0. The summed E-state index contributed by atoms with van der Waals surface area (Å²) in [6, 6.07) is 2.34. The van der Waals surface area contributed by atoms with Gasteiger partial charge in [-0.25, -0.2) is 4.79 Å². The highest BCUT2D eigenvalue weighted by molar-refractivity contribution is 5.96. The molecule has 0 unspecified atom stereocenters. The fourth-order valence-corrected chi connectivity index (χ4v) is 7.85. The van der Waals surface area contributed by atoms with Crippen molar-refractivity contribution < 1.29 is 54.0 Å². The maximum atomic E-state index is 14.0. The van der Waals surface area contributed by atoms with Crippen molar-refractivity contribution in [3.05, 3.63) is 47.5 Å². The molecule has 8 N–H and O–H groups in total. The molecule has 0 spiro atoms. The van der Waals surface area contributed by atoms with E-state index in [0.717, 1.165) is 24.2 Å². The van der Waals surface area contributed by atoms with Crippen molar-refractivity contribution in [2.75, 3.05) is 27.2 Å². The molecule has 2 aromatic rings. The molecule has 0 fully saturated rings. The van der Waals surface area contributed by atoms with Crippen molar-refractivity contribution in [2.24, 2.45) is 0 Å². The maximum Gasteiger partial charge on any atom is 0.326 e. The highest BCUT2D eigenvalue weighted by atomic mass is 16.4. The molecule has 4 bridgehead atoms. The Balaban J connectivity index is 1.63. The standard InChI is InChI=1S/C48H72N6O11/c1-6-7-8-9-10-11-12-13-14-15-16-17-18-22-41(58)53(4)38(30-55)46(62)50-31(2)44(60)49-29-42(59)54(5)43-34-24-26-40(57)36(28-34)35-27-33(23-25-39(35)56)20-19-21-37(48(64)65)52-45(61)32(3)51-47(43)63/h23-28,31-32,37-38,43,55-57H,6-22,29-30H2,1-5H3,(H,49,60)(H,50,62)(H,51,63)(H,52,61)(H,64,65)/t31-,32+,37+,38-,43+/m1/s1. The van der Waals surface area contributed by atoms with E-state index in [4.69, 9.17) is 0 Å². The first kappa shape index (κ1) is 53.6. The average molecular weight is 909 g/mol. The number of fused-ring (bicyclic) bond motifs is 5. The monoisotopic (exact) mass is 909 g/mol. The molecule has 2 aromatic carbocycles. The Morgan fingerprint density at radius 2 is 1.34 bits per heavy atom. The van der Waals surface area contributed by atoms with Crippen molar-refractivity contribution in [2.45, 2.75) is 160 Å². The first-order valence-corrected chi connectivity index (χ1v) is 23.2. The molecule has 1 heterocycles. The van der Waals surface area contributed by atoms with Crippen LogP contribution in [-0.2, 0) is 40.0 Å². The molecular weight excluding hydrogens is 837 g/mol. The molecule has 360 valence electrons. The van der Waals surface area contributed by atoms with Crippen molar-refractivity contribution in [1.29, 1.82) is 0 Å². The van der Waals surface area contributed by atoms with Crippen LogP contribution in [0.25, 0.3) is 11.1 Å². The van der Waals surface area contributed by atoms with E-state index in [9.17, 15) is 54.0 Å². The summed E-state index contributed by atoms with van der Waals surface area (Å²) in [5, 5.41) is 51.5. The van der Waals surface area contributed by atoms with E-state index in [0.29, 0.717) is 24.8 Å². The Hall–Kier alpha value is -5.71. The molecular formula is C48H72N6O11. The molecule has 0 radical (unpaired) electrons. The number of phenols is 2. The summed E-state index contributed by atoms with van der Waals surface area (Å²) in [5.74, 6) is -5.97. The lowest BCUT2D eigenvalue weighted by Gasteiger charge is -2.30. The lowest BCUT2D eigenvalue weighted by atomic mass is 9.94. The number of aryl methyl sites for hydroxylation is 1. The minimum atomic E-state index is -1.47. The molecule has 5 atom stereocenters. The zero-order chi connectivity index (χ0) is 48.1. The van der Waals surface area contributed by atoms with E-state index in [-0.39, 0.29) is 46.9 Å². The van der Waals surface area contributed by atoms with Crippen LogP contribution in [-0.4, -0.2) is 123 Å². The summed E-state index contributed by atoms with van der Waals surface area (Å²) in [7, 11) is 2.71. The number of carboxylic acids is 1. The summed E-state index contributed by atoms with van der Waals surface area (Å²) in [4.78, 5) is 94.3. The fraction of sp³-hybridized carbons (Fsp3) is 0.604. The predicted molar refractivity (Wildman–Crippen MR) is 245 cm³/mol. The van der Waals surface area contributed by atoms with Crippen LogP contribution in [0.2, 0.25) is 0 Å². The number of carbonyl (C=O) groups is 7. The fourth-order valence-electron chi connectivity index (χ4n) is 7.85. The Kier molecular flexibility index (Phi) is 22.8. The minimum absolute atomic E-state index is 0.0604. The number of likely N-dealkylation sites (N-methyl/N-ethyl adjacent to an activating group) is 2. The molecule has 0 aromatic heterocycles. The second-order valence-electron chi connectivity index (χ2n) is 17.2. The van der Waals surface area contributed by atoms with E-state index >= 15 is 0 Å². The van der Waals surface area contributed by atoms with Gasteiger partial charge < -0.3 is 51.5 Å². The zero-order valence-electron chi connectivity index (χ0n) is 38.8. The molecule has 1 aliphatic rings. The van der Waals surface area contributed by atoms with Gasteiger partial charge in [0.05, 0.1) is 13.2 Å². The van der Waals surface area contributed by atoms with E-state index in [1.54, 1.807) is 12.1 Å². The number of aliphatic hydroxyl groups excluding tert-OH is 1. The van der Waals surface area contributed by atoms with Crippen LogP contribution in [0, 0.1) is 0 Å². The van der Waals surface area contributed by atoms with E-state index in [1.165, 1.54) is 115 Å². The van der Waals surface area contributed by atoms with Crippen molar-refractivity contribution >= 4 is 41.4 Å². The normalized spacial score (nSPS) is 17.5. The van der Waals surface area contributed by atoms with Gasteiger partial charge in [0, 0.05) is 31.6 Å². The molecule has 3 rings (SSSR count). The molecule has 17 heteroatoms. The number of aliphatic hydroxyl groups is 1. The number of hydrogen-bond acceptors (Lipinski definition) is 10. The summed E-state index contributed by atoms with van der Waals surface area (Å²) < 4.78 is 0. The highest BCUT2D eigenvalue weighted by Crippen LogP contribution is 2.38. The van der Waals surface area contributed by atoms with Crippen LogP contribution >= 0.6 is 0 Å². The van der Waals surface area contributed by atoms with Crippen LogP contribution in [0.1, 0.15) is 141 Å². The molecule has 0 saturated heterocycles. The first-order chi connectivity index (χ1) is 31.0. The van der Waals surface area contributed by atoms with E-state index < -0.39 is 78.9 Å². The number of nitrogens with one attached hydrogen (secondary N) is 4. The van der Waals surface area contributed by atoms with Crippen molar-refractivity contribution in [1.82, 2.24) is 31.1 Å². The summed E-state index contributed by atoms with van der Waals surface area (Å²) in [6.07, 6.45) is 16.1. The molecule has 65 heavy (non-hydrogen) atoms. The summed E-state index contributed by atoms with van der Waals surface area (Å²) in [6.45, 7) is 3.61. The Labute approximate surface area is 383 Å². The third-order valence-corrected chi connectivity index (χ3v) is 12.0. The summed E-state index contributed by atoms with van der Waals surface area (Å²) >= 11 is 0. The number of aromatic hydroxyl groups is 2. The van der Waals surface area contributed by atoms with Crippen LogP contribution < -0.4 is 21.3 Å². The van der Waals surface area contributed by atoms with Crippen LogP contribution in [0.4, 0.5) is 0 Å². The van der Waals surface area contributed by atoms with Crippen molar-refractivity contribution in [3.8, 4) is 22.6 Å². The van der Waals surface area contributed by atoms with Gasteiger partial charge in [-0.2, -0.15) is 0 Å². The second kappa shape index (κ2) is 27.6. The number of carboxylic acid groups (broad SMARTS) is 1. The van der Waals surface area contributed by atoms with E-state index in [2.05, 4.69) is 28.2 Å². The Bertz CT molecular complexity index is 1930. The van der Waals surface area contributed by atoms with Gasteiger partial charge in [-0.1, -0.05) is 96.1 Å². The first-order valence-electron chi connectivity index (χ1n) is 23.2. The SMILES string of the molecule is CCCCCCCCCCCCCCCC(=O)N(C)[C@H](CO)C(=O)N[C@H](C)C(=O)NCC(=O)N(C)[C@@H]1C(=O)N[C@@H](C)C(=O)N[C@H](C(=O)O)CCCc2ccc(O)c(c2)-c2cc1ccc2O. The minimum Gasteiger partial charge on any atom is -0.507 e. The van der Waals surface area contributed by atoms with Gasteiger partial charge in [-0.15, -0.1) is 0 Å². The second-order valence-corrected chi connectivity index (χ2v) is 17.2. The number of nitrogens with zero attached hydrogens (tertiary/aromatic N) is 2. The van der Waals surface area contributed by atoms with Gasteiger partial charge >= 0.3 is 5.97 Å². The van der Waals surface area contributed by atoms with Crippen molar-refractivity contribution in [3.63, 3.8) is 0 Å². The van der Waals surface area contributed by atoms with E-state index in [1.807, 2.05) is 0 Å². The van der Waals surface area contributed by atoms with Gasteiger partial charge in [-0.3, -0.25) is 28.8 Å². The lowest BCUT2D eigenvalue weighted by molar-refractivity contribution is -0.143. The van der Waals surface area contributed by atoms with Gasteiger partial charge in [0.15, 0.2) is 0 Å². The van der Waals surface area contributed by atoms with Gasteiger partial charge in [-0.05, 0) is 74.9 Å². The van der Waals surface area contributed by atoms with Gasteiger partial charge in [0.1, 0.15) is 41.7 Å². The molecule has 0 saturated carbocycles.